The van der Waals surface area contributed by atoms with E-state index >= 15 is 0 Å². The van der Waals surface area contributed by atoms with E-state index in [9.17, 15) is 0 Å². The van der Waals surface area contributed by atoms with E-state index in [1.165, 1.54) is 30.4 Å². The highest BCUT2D eigenvalue weighted by Gasteiger charge is 2.45. The number of aryl methyl sites for hydroxylation is 1. The Hall–Kier alpha value is -0.780. The van der Waals surface area contributed by atoms with Crippen molar-refractivity contribution in [3.05, 3.63) is 35.4 Å². The van der Waals surface area contributed by atoms with Gasteiger partial charge in [-0.3, -0.25) is 4.99 Å². The second kappa shape index (κ2) is 6.99. The summed E-state index contributed by atoms with van der Waals surface area (Å²) in [6.45, 7) is 10.1. The van der Waals surface area contributed by atoms with Crippen LogP contribution in [0.15, 0.2) is 29.3 Å². The van der Waals surface area contributed by atoms with Gasteiger partial charge in [0.05, 0.1) is 0 Å². The molecular weight excluding hydrogens is 397 g/mol. The average Bonchev–Trinajstić information content (AvgIpc) is 3.18. The van der Waals surface area contributed by atoms with Crippen LogP contribution in [0.5, 0.6) is 0 Å². The van der Waals surface area contributed by atoms with Crippen LogP contribution in [0.2, 0.25) is 0 Å². The Morgan fingerprint density at radius 3 is 2.43 bits per heavy atom. The highest BCUT2D eigenvalue weighted by molar-refractivity contribution is 14.0. The van der Waals surface area contributed by atoms with Gasteiger partial charge in [0.15, 0.2) is 5.96 Å². The first kappa shape index (κ1) is 18.6. The standard InChI is InChI=1S/C19H29N3.HI/c1-15-7-5-6-8-16(15)19(9-10-19)13-21-17(20-4)22-12-11-18(2,3)14-22;/h5-8H,9-14H2,1-4H3,(H,20,21);1H. The Bertz CT molecular complexity index is 576. The molecule has 1 aromatic rings. The van der Waals surface area contributed by atoms with E-state index in [1.807, 2.05) is 7.05 Å². The quantitative estimate of drug-likeness (QED) is 0.450. The van der Waals surface area contributed by atoms with E-state index < -0.39 is 0 Å². The van der Waals surface area contributed by atoms with Crippen molar-refractivity contribution in [3.8, 4) is 0 Å². The average molecular weight is 427 g/mol. The van der Waals surface area contributed by atoms with Crippen molar-refractivity contribution >= 4 is 29.9 Å². The maximum absolute atomic E-state index is 4.51. The molecule has 0 aromatic heterocycles. The van der Waals surface area contributed by atoms with Crippen LogP contribution < -0.4 is 5.32 Å². The lowest BCUT2D eigenvalue weighted by atomic mass is 9.92. The van der Waals surface area contributed by atoms with Crippen LogP contribution in [0.25, 0.3) is 0 Å². The molecule has 1 aliphatic carbocycles. The first-order valence-electron chi connectivity index (χ1n) is 8.48. The lowest BCUT2D eigenvalue weighted by Crippen LogP contribution is -2.43. The first-order valence-corrected chi connectivity index (χ1v) is 8.48. The van der Waals surface area contributed by atoms with Gasteiger partial charge in [0.2, 0.25) is 0 Å². The number of rotatable bonds is 3. The predicted octanol–water partition coefficient (Wildman–Crippen LogP) is 3.95. The fraction of sp³-hybridized carbons (Fsp3) is 0.632. The number of nitrogens with one attached hydrogen (secondary N) is 1. The third-order valence-electron chi connectivity index (χ3n) is 5.34. The number of nitrogens with zero attached hydrogens (tertiary/aromatic N) is 2. The van der Waals surface area contributed by atoms with Crippen LogP contribution >= 0.6 is 24.0 Å². The molecule has 1 aromatic carbocycles. The molecule has 2 aliphatic rings. The van der Waals surface area contributed by atoms with Gasteiger partial charge in [0.25, 0.3) is 0 Å². The Morgan fingerprint density at radius 1 is 1.22 bits per heavy atom. The van der Waals surface area contributed by atoms with Gasteiger partial charge in [-0.15, -0.1) is 24.0 Å². The van der Waals surface area contributed by atoms with E-state index in [1.54, 1.807) is 0 Å². The number of hydrogen-bond acceptors (Lipinski definition) is 1. The molecule has 0 amide bonds. The van der Waals surface area contributed by atoms with Gasteiger partial charge >= 0.3 is 0 Å². The van der Waals surface area contributed by atoms with Crippen molar-refractivity contribution in [3.63, 3.8) is 0 Å². The van der Waals surface area contributed by atoms with Gasteiger partial charge in [-0.1, -0.05) is 38.1 Å². The second-order valence-electron chi connectivity index (χ2n) is 7.83. The lowest BCUT2D eigenvalue weighted by molar-refractivity contribution is 0.369. The van der Waals surface area contributed by atoms with Gasteiger partial charge in [-0.2, -0.15) is 0 Å². The summed E-state index contributed by atoms with van der Waals surface area (Å²) in [5, 5.41) is 3.65. The Kier molecular flexibility index (Phi) is 5.64. The van der Waals surface area contributed by atoms with E-state index in [-0.39, 0.29) is 24.0 Å². The van der Waals surface area contributed by atoms with Crippen molar-refractivity contribution in [2.45, 2.75) is 45.4 Å². The van der Waals surface area contributed by atoms with Crippen LogP contribution in [0, 0.1) is 12.3 Å². The highest BCUT2D eigenvalue weighted by Crippen LogP contribution is 2.48. The zero-order valence-electron chi connectivity index (χ0n) is 14.9. The van der Waals surface area contributed by atoms with Gasteiger partial charge in [-0.05, 0) is 42.7 Å². The van der Waals surface area contributed by atoms with Crippen molar-refractivity contribution in [2.24, 2.45) is 10.4 Å². The summed E-state index contributed by atoms with van der Waals surface area (Å²) in [7, 11) is 1.90. The van der Waals surface area contributed by atoms with Crippen molar-refractivity contribution in [1.82, 2.24) is 10.2 Å². The minimum atomic E-state index is 0. The topological polar surface area (TPSA) is 27.6 Å². The molecule has 4 heteroatoms. The normalized spacial score (nSPS) is 21.7. The largest absolute Gasteiger partial charge is 0.355 e. The lowest BCUT2D eigenvalue weighted by Gasteiger charge is -2.26. The summed E-state index contributed by atoms with van der Waals surface area (Å²) in [6.07, 6.45) is 3.82. The van der Waals surface area contributed by atoms with Crippen LogP contribution in [0.3, 0.4) is 0 Å². The molecular formula is C19H30IN3. The molecule has 1 heterocycles. The van der Waals surface area contributed by atoms with Crippen molar-refractivity contribution in [2.75, 3.05) is 26.7 Å². The fourth-order valence-corrected chi connectivity index (χ4v) is 3.73. The van der Waals surface area contributed by atoms with Crippen LogP contribution in [0.4, 0.5) is 0 Å². The van der Waals surface area contributed by atoms with Crippen molar-refractivity contribution in [1.29, 1.82) is 0 Å². The summed E-state index contributed by atoms with van der Waals surface area (Å²) in [6, 6.07) is 8.83. The minimum Gasteiger partial charge on any atom is -0.355 e. The summed E-state index contributed by atoms with van der Waals surface area (Å²) in [5.74, 6) is 1.07. The molecule has 0 atom stereocenters. The number of benzene rings is 1. The maximum Gasteiger partial charge on any atom is 0.193 e. The summed E-state index contributed by atoms with van der Waals surface area (Å²) in [4.78, 5) is 6.92. The predicted molar refractivity (Wildman–Crippen MR) is 109 cm³/mol. The minimum absolute atomic E-state index is 0. The van der Waals surface area contributed by atoms with Gasteiger partial charge in [-0.25, -0.2) is 0 Å². The molecule has 2 fully saturated rings. The van der Waals surface area contributed by atoms with E-state index in [2.05, 4.69) is 60.2 Å². The molecule has 128 valence electrons. The number of hydrogen-bond donors (Lipinski definition) is 1. The summed E-state index contributed by atoms with van der Waals surface area (Å²) >= 11 is 0. The van der Waals surface area contributed by atoms with Gasteiger partial charge < -0.3 is 10.2 Å². The molecule has 1 saturated carbocycles. The molecule has 1 aliphatic heterocycles. The molecule has 0 radical (unpaired) electrons. The zero-order chi connectivity index (χ0) is 15.8. The second-order valence-corrected chi connectivity index (χ2v) is 7.83. The van der Waals surface area contributed by atoms with Gasteiger partial charge in [0, 0.05) is 32.1 Å². The van der Waals surface area contributed by atoms with E-state index in [4.69, 9.17) is 0 Å². The maximum atomic E-state index is 4.51. The highest BCUT2D eigenvalue weighted by atomic mass is 127. The summed E-state index contributed by atoms with van der Waals surface area (Å²) in [5.41, 5.74) is 3.67. The molecule has 0 unspecified atom stereocenters. The molecule has 3 rings (SSSR count). The molecule has 1 saturated heterocycles. The summed E-state index contributed by atoms with van der Waals surface area (Å²) < 4.78 is 0. The zero-order valence-corrected chi connectivity index (χ0v) is 17.2. The molecule has 0 spiro atoms. The van der Waals surface area contributed by atoms with Crippen LogP contribution in [-0.4, -0.2) is 37.5 Å². The molecule has 3 nitrogen and oxygen atoms in total. The molecule has 23 heavy (non-hydrogen) atoms. The molecule has 1 N–H and O–H groups in total. The van der Waals surface area contributed by atoms with Crippen molar-refractivity contribution < 1.29 is 0 Å². The Balaban J connectivity index is 0.00000192. The Morgan fingerprint density at radius 2 is 1.91 bits per heavy atom. The smallest absolute Gasteiger partial charge is 0.193 e. The van der Waals surface area contributed by atoms with Crippen LogP contribution in [0.1, 0.15) is 44.2 Å². The monoisotopic (exact) mass is 427 g/mol. The number of likely N-dealkylation sites (tertiary alicyclic amines) is 1. The third-order valence-corrected chi connectivity index (χ3v) is 5.34. The SMILES string of the molecule is CN=C(NCC1(c2ccccc2C)CC1)N1CCC(C)(C)C1.I. The fourth-order valence-electron chi connectivity index (χ4n) is 3.73. The first-order chi connectivity index (χ1) is 10.5. The van der Waals surface area contributed by atoms with Gasteiger partial charge in [0.1, 0.15) is 0 Å². The number of halogens is 1. The third kappa shape index (κ3) is 4.01. The van der Waals surface area contributed by atoms with Crippen LogP contribution in [-0.2, 0) is 5.41 Å². The Labute approximate surface area is 158 Å². The number of aliphatic imine (C=N–C) groups is 1. The number of guanidine groups is 1. The van der Waals surface area contributed by atoms with E-state index in [0.717, 1.165) is 25.6 Å². The van der Waals surface area contributed by atoms with E-state index in [0.29, 0.717) is 10.8 Å². The molecule has 0 bridgehead atoms.